The summed E-state index contributed by atoms with van der Waals surface area (Å²) in [6.45, 7) is 6.30. The van der Waals surface area contributed by atoms with E-state index >= 15 is 0 Å². The first-order valence-electron chi connectivity index (χ1n) is 12.2. The molecule has 198 valence electrons. The maximum absolute atomic E-state index is 13.4. The minimum atomic E-state index is -3.86. The molecule has 0 radical (unpaired) electrons. The highest BCUT2D eigenvalue weighted by molar-refractivity contribution is 7.89. The molecule has 1 unspecified atom stereocenters. The SMILES string of the molecule is CCCOc1ccc(S(=O)(=O)NCC2CCN(C)C2)cc1C(=O)Nc1c(CCC)nn(C)c1C(N)=O. The summed E-state index contributed by atoms with van der Waals surface area (Å²) in [6.07, 6.45) is 2.88. The Morgan fingerprint density at radius 3 is 2.58 bits per heavy atom. The number of amides is 2. The first-order chi connectivity index (χ1) is 17.1. The summed E-state index contributed by atoms with van der Waals surface area (Å²) in [5.74, 6) is -0.881. The number of sulfonamides is 1. The van der Waals surface area contributed by atoms with Crippen LogP contribution in [0.25, 0.3) is 0 Å². The lowest BCUT2D eigenvalue weighted by atomic mass is 10.1. The molecule has 0 aliphatic carbocycles. The van der Waals surface area contributed by atoms with Gasteiger partial charge in [0, 0.05) is 20.1 Å². The van der Waals surface area contributed by atoms with E-state index in [1.807, 2.05) is 20.9 Å². The largest absolute Gasteiger partial charge is 0.493 e. The number of hydrogen-bond donors (Lipinski definition) is 3. The van der Waals surface area contributed by atoms with Crippen LogP contribution in [-0.2, 0) is 23.5 Å². The highest BCUT2D eigenvalue weighted by Crippen LogP contribution is 2.27. The van der Waals surface area contributed by atoms with Crippen molar-refractivity contribution in [3.05, 3.63) is 35.2 Å². The Bertz CT molecular complexity index is 1210. The van der Waals surface area contributed by atoms with Crippen LogP contribution in [-0.4, -0.2) is 68.2 Å². The average molecular weight is 521 g/mol. The molecule has 3 rings (SSSR count). The predicted octanol–water partition coefficient (Wildman–Crippen LogP) is 1.74. The Hall–Kier alpha value is -2.96. The standard InChI is InChI=1S/C24H36N6O5S/c1-5-7-19-21(22(23(25)31)30(4)28-19)27-24(32)18-13-17(8-9-20(18)35-12-6-2)36(33,34)26-14-16-10-11-29(3)15-16/h8-9,13,16,26H,5-7,10-12,14-15H2,1-4H3,(H2,25,31)(H,27,32). The quantitative estimate of drug-likeness (QED) is 0.386. The van der Waals surface area contributed by atoms with Gasteiger partial charge in [-0.05, 0) is 57.0 Å². The maximum Gasteiger partial charge on any atom is 0.269 e. The Kier molecular flexibility index (Phi) is 9.09. The number of nitrogens with zero attached hydrogens (tertiary/aromatic N) is 3. The third-order valence-corrected chi connectivity index (χ3v) is 7.52. The van der Waals surface area contributed by atoms with Crippen LogP contribution in [0.4, 0.5) is 5.69 Å². The molecule has 1 aromatic carbocycles. The van der Waals surface area contributed by atoms with Crippen LogP contribution in [0, 0.1) is 5.92 Å². The lowest BCUT2D eigenvalue weighted by Crippen LogP contribution is -2.30. The van der Waals surface area contributed by atoms with Gasteiger partial charge < -0.3 is 20.7 Å². The number of aromatic nitrogens is 2. The second-order valence-corrected chi connectivity index (χ2v) is 10.9. The van der Waals surface area contributed by atoms with Gasteiger partial charge in [0.25, 0.3) is 11.8 Å². The van der Waals surface area contributed by atoms with Crippen LogP contribution >= 0.6 is 0 Å². The van der Waals surface area contributed by atoms with E-state index in [9.17, 15) is 18.0 Å². The van der Waals surface area contributed by atoms with Gasteiger partial charge in [-0.3, -0.25) is 14.3 Å². The minimum Gasteiger partial charge on any atom is -0.493 e. The summed E-state index contributed by atoms with van der Waals surface area (Å²) < 4.78 is 35.8. The van der Waals surface area contributed by atoms with Crippen molar-refractivity contribution in [2.24, 2.45) is 18.7 Å². The van der Waals surface area contributed by atoms with Gasteiger partial charge in [0.15, 0.2) is 0 Å². The topological polar surface area (TPSA) is 149 Å². The van der Waals surface area contributed by atoms with Gasteiger partial charge in [-0.25, -0.2) is 13.1 Å². The van der Waals surface area contributed by atoms with Gasteiger partial charge >= 0.3 is 0 Å². The number of carbonyl (C=O) groups excluding carboxylic acids is 2. The maximum atomic E-state index is 13.4. The van der Waals surface area contributed by atoms with Gasteiger partial charge in [-0.2, -0.15) is 5.10 Å². The molecule has 0 bridgehead atoms. The van der Waals surface area contributed by atoms with Crippen LogP contribution in [0.5, 0.6) is 5.75 Å². The molecule has 11 nitrogen and oxygen atoms in total. The van der Waals surface area contributed by atoms with Crippen LogP contribution in [0.15, 0.2) is 23.1 Å². The molecule has 0 saturated carbocycles. The van der Waals surface area contributed by atoms with Gasteiger partial charge in [0.1, 0.15) is 11.4 Å². The second kappa shape index (κ2) is 11.8. The lowest BCUT2D eigenvalue weighted by Gasteiger charge is -2.15. The molecular formula is C24H36N6O5S. The molecule has 2 aromatic rings. The number of hydrogen-bond acceptors (Lipinski definition) is 7. The molecule has 1 aliphatic heterocycles. The van der Waals surface area contributed by atoms with Crippen molar-refractivity contribution in [1.82, 2.24) is 19.4 Å². The molecular weight excluding hydrogens is 484 g/mol. The number of nitrogens with two attached hydrogens (primary N) is 1. The van der Waals surface area contributed by atoms with Crippen molar-refractivity contribution in [2.75, 3.05) is 38.6 Å². The normalized spacial score (nSPS) is 16.3. The number of carbonyl (C=O) groups is 2. The first-order valence-corrected chi connectivity index (χ1v) is 13.7. The van der Waals surface area contributed by atoms with Crippen LogP contribution < -0.4 is 20.5 Å². The van der Waals surface area contributed by atoms with E-state index < -0.39 is 21.8 Å². The smallest absolute Gasteiger partial charge is 0.269 e. The molecule has 2 heterocycles. The number of ether oxygens (including phenoxy) is 1. The highest BCUT2D eigenvalue weighted by atomic mass is 32.2. The van der Waals surface area contributed by atoms with Crippen molar-refractivity contribution in [1.29, 1.82) is 0 Å². The zero-order valence-corrected chi connectivity index (χ0v) is 22.2. The number of aryl methyl sites for hydroxylation is 2. The van der Waals surface area contributed by atoms with E-state index in [0.717, 1.165) is 25.9 Å². The van der Waals surface area contributed by atoms with E-state index in [1.54, 1.807) is 7.05 Å². The summed E-state index contributed by atoms with van der Waals surface area (Å²) in [5, 5.41) is 7.06. The zero-order valence-electron chi connectivity index (χ0n) is 21.3. The van der Waals surface area contributed by atoms with Gasteiger partial charge in [0.2, 0.25) is 10.0 Å². The van der Waals surface area contributed by atoms with Gasteiger partial charge in [-0.15, -0.1) is 0 Å². The third kappa shape index (κ3) is 6.42. The van der Waals surface area contributed by atoms with Crippen molar-refractivity contribution < 1.29 is 22.7 Å². The Morgan fingerprint density at radius 1 is 1.22 bits per heavy atom. The van der Waals surface area contributed by atoms with Crippen molar-refractivity contribution in [2.45, 2.75) is 44.4 Å². The van der Waals surface area contributed by atoms with E-state index in [1.165, 1.54) is 22.9 Å². The number of nitrogens with one attached hydrogen (secondary N) is 2. The molecule has 1 atom stereocenters. The van der Waals surface area contributed by atoms with E-state index in [0.29, 0.717) is 31.7 Å². The number of rotatable bonds is 12. The minimum absolute atomic E-state index is 0.0358. The number of benzene rings is 1. The number of primary amides is 1. The molecule has 1 aliphatic rings. The fourth-order valence-electron chi connectivity index (χ4n) is 4.28. The van der Waals surface area contributed by atoms with Crippen molar-refractivity contribution >= 4 is 27.5 Å². The molecule has 0 spiro atoms. The average Bonchev–Trinajstić information content (AvgIpc) is 3.38. The third-order valence-electron chi connectivity index (χ3n) is 6.10. The van der Waals surface area contributed by atoms with Crippen molar-refractivity contribution in [3.63, 3.8) is 0 Å². The molecule has 2 amide bonds. The first kappa shape index (κ1) is 27.6. The monoisotopic (exact) mass is 520 g/mol. The van der Waals surface area contributed by atoms with Gasteiger partial charge in [0.05, 0.1) is 28.4 Å². The number of likely N-dealkylation sites (tertiary alicyclic amines) is 1. The summed E-state index contributed by atoms with van der Waals surface area (Å²) in [4.78, 5) is 27.6. The van der Waals surface area contributed by atoms with E-state index in [4.69, 9.17) is 10.5 Å². The number of anilines is 1. The summed E-state index contributed by atoms with van der Waals surface area (Å²) >= 11 is 0. The van der Waals surface area contributed by atoms with E-state index in [-0.39, 0.29) is 33.5 Å². The second-order valence-electron chi connectivity index (χ2n) is 9.14. The molecule has 36 heavy (non-hydrogen) atoms. The summed E-state index contributed by atoms with van der Waals surface area (Å²) in [6, 6.07) is 4.20. The van der Waals surface area contributed by atoms with Crippen LogP contribution in [0.2, 0.25) is 0 Å². The molecule has 12 heteroatoms. The fourth-order valence-corrected chi connectivity index (χ4v) is 5.42. The molecule has 1 aromatic heterocycles. The molecule has 4 N–H and O–H groups in total. The zero-order chi connectivity index (χ0) is 26.5. The van der Waals surface area contributed by atoms with Crippen LogP contribution in [0.1, 0.15) is 59.7 Å². The lowest BCUT2D eigenvalue weighted by molar-refractivity contribution is 0.0992. The molecule has 1 saturated heterocycles. The summed E-state index contributed by atoms with van der Waals surface area (Å²) in [5.41, 5.74) is 6.38. The van der Waals surface area contributed by atoms with E-state index in [2.05, 4.69) is 20.0 Å². The Morgan fingerprint density at radius 2 is 1.97 bits per heavy atom. The molecule has 1 fully saturated rings. The Labute approximate surface area is 212 Å². The predicted molar refractivity (Wildman–Crippen MR) is 137 cm³/mol. The van der Waals surface area contributed by atoms with Crippen LogP contribution in [0.3, 0.4) is 0 Å². The highest BCUT2D eigenvalue weighted by Gasteiger charge is 2.26. The van der Waals surface area contributed by atoms with Gasteiger partial charge in [-0.1, -0.05) is 20.3 Å². The Balaban J connectivity index is 1.93. The van der Waals surface area contributed by atoms with Crippen molar-refractivity contribution in [3.8, 4) is 5.75 Å². The summed E-state index contributed by atoms with van der Waals surface area (Å²) in [7, 11) is -0.279. The fraction of sp³-hybridized carbons (Fsp3) is 0.542.